The Morgan fingerprint density at radius 1 is 1.09 bits per heavy atom. The quantitative estimate of drug-likeness (QED) is 0.806. The summed E-state index contributed by atoms with van der Waals surface area (Å²) in [7, 11) is -3.41. The Morgan fingerprint density at radius 3 is 2.48 bits per heavy atom. The number of rotatable bonds is 8. The van der Waals surface area contributed by atoms with Gasteiger partial charge in [-0.05, 0) is 36.6 Å². The summed E-state index contributed by atoms with van der Waals surface area (Å²) >= 11 is 0. The molecule has 0 aliphatic heterocycles. The van der Waals surface area contributed by atoms with Crippen molar-refractivity contribution in [3.05, 3.63) is 65.5 Å². The third-order valence-electron chi connectivity index (χ3n) is 3.29. The predicted molar refractivity (Wildman–Crippen MR) is 88.3 cm³/mol. The largest absolute Gasteiger partial charge is 0.491 e. The molecule has 0 heterocycles. The van der Waals surface area contributed by atoms with E-state index in [-0.39, 0.29) is 18.0 Å². The lowest BCUT2D eigenvalue weighted by atomic mass is 10.2. The molecule has 0 atom stereocenters. The topological polar surface area (TPSA) is 55.4 Å². The first-order valence-electron chi connectivity index (χ1n) is 7.42. The molecule has 23 heavy (non-hydrogen) atoms. The zero-order valence-corrected chi connectivity index (χ0v) is 13.8. The maximum Gasteiger partial charge on any atom is 0.212 e. The van der Waals surface area contributed by atoms with Gasteiger partial charge in [-0.3, -0.25) is 0 Å². The minimum atomic E-state index is -3.41. The molecule has 0 aromatic heterocycles. The zero-order valence-electron chi connectivity index (χ0n) is 13.0. The first-order chi connectivity index (χ1) is 11.0. The van der Waals surface area contributed by atoms with Crippen LogP contribution in [0.25, 0.3) is 0 Å². The minimum Gasteiger partial charge on any atom is -0.491 e. The van der Waals surface area contributed by atoms with E-state index >= 15 is 0 Å². The van der Waals surface area contributed by atoms with Crippen LogP contribution in [-0.4, -0.2) is 20.8 Å². The second kappa shape index (κ2) is 8.08. The van der Waals surface area contributed by atoms with Gasteiger partial charge in [0.25, 0.3) is 0 Å². The molecule has 2 rings (SSSR count). The predicted octanol–water partition coefficient (Wildman–Crippen LogP) is 2.89. The average molecular weight is 337 g/mol. The molecule has 0 aliphatic rings. The number of benzene rings is 2. The van der Waals surface area contributed by atoms with E-state index < -0.39 is 15.8 Å². The Morgan fingerprint density at radius 2 is 1.83 bits per heavy atom. The Hall–Kier alpha value is -1.92. The van der Waals surface area contributed by atoms with Crippen molar-refractivity contribution in [2.45, 2.75) is 19.9 Å². The molecule has 0 bridgehead atoms. The van der Waals surface area contributed by atoms with Gasteiger partial charge < -0.3 is 4.74 Å². The maximum atomic E-state index is 13.7. The van der Waals surface area contributed by atoms with E-state index in [0.29, 0.717) is 18.6 Å². The van der Waals surface area contributed by atoms with Gasteiger partial charge in [-0.25, -0.2) is 17.5 Å². The van der Waals surface area contributed by atoms with Crippen LogP contribution in [0.1, 0.15) is 18.1 Å². The van der Waals surface area contributed by atoms with Crippen molar-refractivity contribution in [1.82, 2.24) is 4.72 Å². The van der Waals surface area contributed by atoms with Gasteiger partial charge in [0.1, 0.15) is 0 Å². The van der Waals surface area contributed by atoms with E-state index in [4.69, 9.17) is 4.74 Å². The number of hydrogen-bond acceptors (Lipinski definition) is 3. The summed E-state index contributed by atoms with van der Waals surface area (Å²) in [5.74, 6) is -0.327. The van der Waals surface area contributed by atoms with Crippen LogP contribution >= 0.6 is 0 Å². The maximum absolute atomic E-state index is 13.7. The number of nitrogens with one attached hydrogen (secondary N) is 1. The summed E-state index contributed by atoms with van der Waals surface area (Å²) in [4.78, 5) is 0. The van der Waals surface area contributed by atoms with Crippen LogP contribution in [-0.2, 0) is 23.0 Å². The monoisotopic (exact) mass is 337 g/mol. The minimum absolute atomic E-state index is 0.00345. The highest BCUT2D eigenvalue weighted by Crippen LogP contribution is 2.18. The molecule has 2 aromatic carbocycles. The van der Waals surface area contributed by atoms with Gasteiger partial charge in [-0.2, -0.15) is 0 Å². The van der Waals surface area contributed by atoms with Gasteiger partial charge in [0.2, 0.25) is 10.0 Å². The molecule has 1 N–H and O–H groups in total. The summed E-state index contributed by atoms with van der Waals surface area (Å²) in [6.07, 6.45) is 0.438. The highest BCUT2D eigenvalue weighted by atomic mass is 32.2. The van der Waals surface area contributed by atoms with Crippen molar-refractivity contribution in [3.8, 4) is 5.75 Å². The van der Waals surface area contributed by atoms with Crippen molar-refractivity contribution < 1.29 is 17.5 Å². The molecule has 0 amide bonds. The molecular formula is C17H20FNO3S. The normalized spacial score (nSPS) is 11.4. The number of ether oxygens (including phenoxy) is 1. The van der Waals surface area contributed by atoms with E-state index in [2.05, 4.69) is 4.72 Å². The van der Waals surface area contributed by atoms with Crippen LogP contribution in [0.4, 0.5) is 4.39 Å². The smallest absolute Gasteiger partial charge is 0.212 e. The van der Waals surface area contributed by atoms with Crippen LogP contribution in [0.5, 0.6) is 5.75 Å². The molecule has 2 aromatic rings. The molecule has 0 radical (unpaired) electrons. The summed E-state index contributed by atoms with van der Waals surface area (Å²) in [6.45, 7) is 2.21. The number of hydrogen-bond donors (Lipinski definition) is 1. The first-order valence-corrected chi connectivity index (χ1v) is 9.08. The molecule has 0 spiro atoms. The van der Waals surface area contributed by atoms with Crippen molar-refractivity contribution in [2.75, 3.05) is 12.4 Å². The molecule has 4 nitrogen and oxygen atoms in total. The van der Waals surface area contributed by atoms with E-state index in [1.54, 1.807) is 13.0 Å². The third kappa shape index (κ3) is 5.65. The lowest BCUT2D eigenvalue weighted by molar-refractivity contribution is 0.321. The summed E-state index contributed by atoms with van der Waals surface area (Å²) < 4.78 is 45.3. The van der Waals surface area contributed by atoms with Gasteiger partial charge in [-0.1, -0.05) is 36.4 Å². The lowest BCUT2D eigenvalue weighted by Gasteiger charge is -2.09. The standard InChI is InChI=1S/C17H20FNO3S/c1-2-22-17-9-8-15(12-16(17)18)13-19-23(20,21)11-10-14-6-4-3-5-7-14/h3-9,12,19H,2,10-11,13H2,1H3. The third-order valence-corrected chi connectivity index (χ3v) is 4.62. The Kier molecular flexibility index (Phi) is 6.12. The zero-order chi connectivity index (χ0) is 16.7. The van der Waals surface area contributed by atoms with Gasteiger partial charge in [0.05, 0.1) is 12.4 Å². The van der Waals surface area contributed by atoms with Crippen LogP contribution < -0.4 is 9.46 Å². The van der Waals surface area contributed by atoms with E-state index in [1.807, 2.05) is 30.3 Å². The van der Waals surface area contributed by atoms with Gasteiger partial charge in [0.15, 0.2) is 11.6 Å². The molecule has 0 unspecified atom stereocenters. The number of halogens is 1. The van der Waals surface area contributed by atoms with Crippen LogP contribution in [0.2, 0.25) is 0 Å². The van der Waals surface area contributed by atoms with Gasteiger partial charge in [0, 0.05) is 6.54 Å². The molecule has 0 saturated carbocycles. The fourth-order valence-corrected chi connectivity index (χ4v) is 3.12. The SMILES string of the molecule is CCOc1ccc(CNS(=O)(=O)CCc2ccccc2)cc1F. The highest BCUT2D eigenvalue weighted by Gasteiger charge is 2.11. The molecular weight excluding hydrogens is 317 g/mol. The van der Waals surface area contributed by atoms with Crippen LogP contribution in [0.15, 0.2) is 48.5 Å². The van der Waals surface area contributed by atoms with Crippen molar-refractivity contribution >= 4 is 10.0 Å². The van der Waals surface area contributed by atoms with Gasteiger partial charge in [-0.15, -0.1) is 0 Å². The van der Waals surface area contributed by atoms with Crippen molar-refractivity contribution in [3.63, 3.8) is 0 Å². The molecule has 0 aliphatic carbocycles. The number of aryl methyl sites for hydroxylation is 1. The highest BCUT2D eigenvalue weighted by molar-refractivity contribution is 7.89. The van der Waals surface area contributed by atoms with Crippen LogP contribution in [0.3, 0.4) is 0 Å². The average Bonchev–Trinajstić information content (AvgIpc) is 2.55. The molecule has 6 heteroatoms. The van der Waals surface area contributed by atoms with Crippen molar-refractivity contribution in [1.29, 1.82) is 0 Å². The Labute approximate surface area is 136 Å². The molecule has 0 fully saturated rings. The molecule has 124 valence electrons. The lowest BCUT2D eigenvalue weighted by Crippen LogP contribution is -2.26. The molecule has 0 saturated heterocycles. The Bertz CT molecular complexity index is 733. The first kappa shape index (κ1) is 17.4. The van der Waals surface area contributed by atoms with Crippen LogP contribution in [0, 0.1) is 5.82 Å². The fraction of sp³-hybridized carbons (Fsp3) is 0.294. The van der Waals surface area contributed by atoms with E-state index in [0.717, 1.165) is 5.56 Å². The second-order valence-corrected chi connectivity index (χ2v) is 7.00. The number of sulfonamides is 1. The van der Waals surface area contributed by atoms with Crippen molar-refractivity contribution in [2.24, 2.45) is 0 Å². The summed E-state index contributed by atoms with van der Waals surface area (Å²) in [5, 5.41) is 0. The summed E-state index contributed by atoms with van der Waals surface area (Å²) in [5.41, 5.74) is 1.51. The summed E-state index contributed by atoms with van der Waals surface area (Å²) in [6, 6.07) is 13.8. The van der Waals surface area contributed by atoms with E-state index in [1.165, 1.54) is 12.1 Å². The Balaban J connectivity index is 1.90. The van der Waals surface area contributed by atoms with E-state index in [9.17, 15) is 12.8 Å². The van der Waals surface area contributed by atoms with Gasteiger partial charge >= 0.3 is 0 Å². The second-order valence-electron chi connectivity index (χ2n) is 5.07. The fourth-order valence-electron chi connectivity index (χ4n) is 2.09.